The summed E-state index contributed by atoms with van der Waals surface area (Å²) < 4.78 is 5.54. The van der Waals surface area contributed by atoms with E-state index in [9.17, 15) is 4.79 Å². The minimum absolute atomic E-state index is 0.165. The van der Waals surface area contributed by atoms with Crippen LogP contribution in [0.2, 0.25) is 0 Å². The largest absolute Gasteiger partial charge is 0.480 e. The first kappa shape index (κ1) is 14.0. The Morgan fingerprint density at radius 2 is 1.67 bits per heavy atom. The number of aliphatic carboxylic acids is 1. The molecular formula is C17H27NO3. The molecule has 0 atom stereocenters. The molecule has 1 N–H and O–H groups in total. The van der Waals surface area contributed by atoms with E-state index in [2.05, 4.69) is 4.90 Å². The second-order valence-corrected chi connectivity index (χ2v) is 8.70. The number of carbonyl (C=O) groups is 1. The minimum atomic E-state index is -0.865. The van der Waals surface area contributed by atoms with Crippen molar-refractivity contribution in [3.05, 3.63) is 0 Å². The third-order valence-electron chi connectivity index (χ3n) is 6.38. The van der Waals surface area contributed by atoms with Gasteiger partial charge in [0.2, 0.25) is 0 Å². The summed E-state index contributed by atoms with van der Waals surface area (Å²) in [6.45, 7) is 4.92. The van der Waals surface area contributed by atoms with E-state index in [-0.39, 0.29) is 12.2 Å². The minimum Gasteiger partial charge on any atom is -0.480 e. The molecule has 4 bridgehead atoms. The van der Waals surface area contributed by atoms with Crippen molar-refractivity contribution >= 4 is 5.97 Å². The third-order valence-corrected chi connectivity index (χ3v) is 6.38. The van der Waals surface area contributed by atoms with Crippen LogP contribution in [0.25, 0.3) is 0 Å². The molecule has 4 aliphatic carbocycles. The van der Waals surface area contributed by atoms with E-state index in [1.165, 1.54) is 45.1 Å². The SMILES string of the molecule is CC1(OCC(=O)O)CN(CC23CC4CC(CC(C4)C2)C3)C1. The number of ether oxygens (including phenoxy) is 1. The van der Waals surface area contributed by atoms with Gasteiger partial charge < -0.3 is 9.84 Å². The van der Waals surface area contributed by atoms with Crippen LogP contribution in [0.15, 0.2) is 0 Å². The lowest BCUT2D eigenvalue weighted by molar-refractivity contribution is -0.173. The molecule has 21 heavy (non-hydrogen) atoms. The van der Waals surface area contributed by atoms with Crippen LogP contribution in [-0.2, 0) is 9.53 Å². The van der Waals surface area contributed by atoms with Crippen molar-refractivity contribution in [3.63, 3.8) is 0 Å². The van der Waals surface area contributed by atoms with E-state index in [0.717, 1.165) is 30.8 Å². The van der Waals surface area contributed by atoms with Crippen LogP contribution in [0.1, 0.15) is 45.4 Å². The average molecular weight is 293 g/mol. The van der Waals surface area contributed by atoms with E-state index >= 15 is 0 Å². The van der Waals surface area contributed by atoms with Gasteiger partial charge in [0.05, 0.1) is 5.60 Å². The van der Waals surface area contributed by atoms with Gasteiger partial charge in [-0.15, -0.1) is 0 Å². The van der Waals surface area contributed by atoms with Gasteiger partial charge in [0.25, 0.3) is 0 Å². The molecule has 5 rings (SSSR count). The van der Waals surface area contributed by atoms with E-state index in [4.69, 9.17) is 9.84 Å². The molecule has 1 saturated heterocycles. The van der Waals surface area contributed by atoms with Crippen LogP contribution in [0.4, 0.5) is 0 Å². The highest BCUT2D eigenvalue weighted by Gasteiger charge is 2.53. The number of carboxylic acid groups (broad SMARTS) is 1. The highest BCUT2D eigenvalue weighted by molar-refractivity contribution is 5.68. The molecule has 0 spiro atoms. The topological polar surface area (TPSA) is 49.8 Å². The maximum Gasteiger partial charge on any atom is 0.329 e. The first-order valence-corrected chi connectivity index (χ1v) is 8.52. The summed E-state index contributed by atoms with van der Waals surface area (Å²) in [5, 5.41) is 8.73. The average Bonchev–Trinajstić information content (AvgIpc) is 2.32. The molecule has 5 aliphatic rings. The predicted molar refractivity (Wildman–Crippen MR) is 79.0 cm³/mol. The fourth-order valence-corrected chi connectivity index (χ4v) is 6.30. The van der Waals surface area contributed by atoms with Crippen LogP contribution in [0.3, 0.4) is 0 Å². The summed E-state index contributed by atoms with van der Waals surface area (Å²) in [4.78, 5) is 13.1. The van der Waals surface area contributed by atoms with Gasteiger partial charge in [0.15, 0.2) is 0 Å². The third kappa shape index (κ3) is 2.61. The molecule has 1 heterocycles. The molecule has 4 saturated carbocycles. The molecule has 0 radical (unpaired) electrons. The molecule has 1 aliphatic heterocycles. The van der Waals surface area contributed by atoms with Crippen molar-refractivity contribution in [2.45, 2.75) is 51.0 Å². The highest BCUT2D eigenvalue weighted by Crippen LogP contribution is 2.60. The first-order chi connectivity index (χ1) is 9.94. The Labute approximate surface area is 126 Å². The fourth-order valence-electron chi connectivity index (χ4n) is 6.30. The number of hydrogen-bond donors (Lipinski definition) is 1. The number of likely N-dealkylation sites (tertiary alicyclic amines) is 1. The fraction of sp³-hybridized carbons (Fsp3) is 0.941. The molecule has 0 amide bonds. The molecule has 0 unspecified atom stereocenters. The second-order valence-electron chi connectivity index (χ2n) is 8.70. The van der Waals surface area contributed by atoms with Gasteiger partial charge in [0, 0.05) is 19.6 Å². The van der Waals surface area contributed by atoms with E-state index in [1.54, 1.807) is 0 Å². The van der Waals surface area contributed by atoms with E-state index in [0.29, 0.717) is 5.41 Å². The van der Waals surface area contributed by atoms with Crippen molar-refractivity contribution in [1.82, 2.24) is 4.90 Å². The van der Waals surface area contributed by atoms with Gasteiger partial charge >= 0.3 is 5.97 Å². The van der Waals surface area contributed by atoms with Crippen molar-refractivity contribution in [3.8, 4) is 0 Å². The highest BCUT2D eigenvalue weighted by atomic mass is 16.5. The Bertz CT molecular complexity index is 406. The standard InChI is InChI=1S/C17H27NO3/c1-16(21-8-15(19)20)9-18(10-16)11-17-5-12-2-13(6-17)4-14(3-12)7-17/h12-14H,2-11H2,1H3,(H,19,20). The van der Waals surface area contributed by atoms with Crippen molar-refractivity contribution in [2.24, 2.45) is 23.2 Å². The van der Waals surface area contributed by atoms with Crippen molar-refractivity contribution < 1.29 is 14.6 Å². The number of carboxylic acids is 1. The van der Waals surface area contributed by atoms with Gasteiger partial charge in [-0.1, -0.05) is 0 Å². The van der Waals surface area contributed by atoms with Gasteiger partial charge in [-0.3, -0.25) is 4.90 Å². The van der Waals surface area contributed by atoms with E-state index < -0.39 is 5.97 Å². The summed E-state index contributed by atoms with van der Waals surface area (Å²) >= 11 is 0. The molecule has 4 nitrogen and oxygen atoms in total. The van der Waals surface area contributed by atoms with Crippen LogP contribution in [0.5, 0.6) is 0 Å². The van der Waals surface area contributed by atoms with Crippen molar-refractivity contribution in [1.29, 1.82) is 0 Å². The maximum absolute atomic E-state index is 10.6. The monoisotopic (exact) mass is 293 g/mol. The van der Waals surface area contributed by atoms with Crippen LogP contribution < -0.4 is 0 Å². The zero-order valence-electron chi connectivity index (χ0n) is 13.0. The smallest absolute Gasteiger partial charge is 0.329 e. The molecular weight excluding hydrogens is 266 g/mol. The van der Waals surface area contributed by atoms with Gasteiger partial charge in [-0.25, -0.2) is 4.79 Å². The summed E-state index contributed by atoms with van der Waals surface area (Å²) in [7, 11) is 0. The molecule has 0 aromatic heterocycles. The Hall–Kier alpha value is -0.610. The Morgan fingerprint density at radius 1 is 1.14 bits per heavy atom. The summed E-state index contributed by atoms with van der Waals surface area (Å²) in [6.07, 6.45) is 8.84. The van der Waals surface area contributed by atoms with Gasteiger partial charge in [-0.2, -0.15) is 0 Å². The van der Waals surface area contributed by atoms with Crippen LogP contribution in [0, 0.1) is 23.2 Å². The normalized spacial score (nSPS) is 43.8. The number of hydrogen-bond acceptors (Lipinski definition) is 3. The predicted octanol–water partition coefficient (Wildman–Crippen LogP) is 2.38. The first-order valence-electron chi connectivity index (χ1n) is 8.52. The zero-order valence-corrected chi connectivity index (χ0v) is 13.0. The van der Waals surface area contributed by atoms with Gasteiger partial charge in [-0.05, 0) is 68.6 Å². The zero-order chi connectivity index (χ0) is 14.7. The lowest BCUT2D eigenvalue weighted by atomic mass is 9.49. The Balaban J connectivity index is 1.33. The molecule has 4 heteroatoms. The number of rotatable bonds is 5. The van der Waals surface area contributed by atoms with Crippen LogP contribution >= 0.6 is 0 Å². The van der Waals surface area contributed by atoms with E-state index in [1.807, 2.05) is 6.92 Å². The Morgan fingerprint density at radius 3 is 2.14 bits per heavy atom. The van der Waals surface area contributed by atoms with Crippen molar-refractivity contribution in [2.75, 3.05) is 26.2 Å². The Kier molecular flexibility index (Phi) is 3.13. The summed E-state index contributed by atoms with van der Waals surface area (Å²) in [6, 6.07) is 0. The van der Waals surface area contributed by atoms with Gasteiger partial charge in [0.1, 0.15) is 6.61 Å². The second kappa shape index (κ2) is 4.69. The maximum atomic E-state index is 10.6. The quantitative estimate of drug-likeness (QED) is 0.845. The summed E-state index contributed by atoms with van der Waals surface area (Å²) in [5.74, 6) is 2.15. The molecule has 118 valence electrons. The lowest BCUT2D eigenvalue weighted by Gasteiger charge is -2.60. The molecule has 0 aromatic rings. The molecule has 0 aromatic carbocycles. The van der Waals surface area contributed by atoms with Crippen LogP contribution in [-0.4, -0.2) is 47.8 Å². The molecule has 5 fully saturated rings. The number of nitrogens with zero attached hydrogens (tertiary/aromatic N) is 1. The summed E-state index contributed by atoms with van der Waals surface area (Å²) in [5.41, 5.74) is 0.351. The lowest BCUT2D eigenvalue weighted by Crippen LogP contribution is -2.64.